The average Bonchev–Trinajstić information content (AvgIpc) is 2.34. The third kappa shape index (κ3) is 4.36. The molecule has 0 aromatic carbocycles. The molecule has 0 atom stereocenters. The van der Waals surface area contributed by atoms with Gasteiger partial charge in [-0.05, 0) is 26.2 Å². The molecule has 4 nitrogen and oxygen atoms in total. The first kappa shape index (κ1) is 14.0. The molecule has 0 aromatic heterocycles. The Morgan fingerprint density at radius 2 is 2.12 bits per heavy atom. The molecule has 1 aliphatic rings. The molecular formula is C13H24N2O2. The van der Waals surface area contributed by atoms with Crippen LogP contribution in [0.25, 0.3) is 0 Å². The Bertz CT molecular complexity index is 266. The van der Waals surface area contributed by atoms with E-state index in [0.29, 0.717) is 19.4 Å². The van der Waals surface area contributed by atoms with E-state index in [-0.39, 0.29) is 11.8 Å². The van der Waals surface area contributed by atoms with Crippen LogP contribution in [0.1, 0.15) is 46.0 Å². The number of likely N-dealkylation sites (tertiary alicyclic amines) is 1. The lowest BCUT2D eigenvalue weighted by atomic mass is 10.1. The Labute approximate surface area is 104 Å². The minimum absolute atomic E-state index is 0.174. The van der Waals surface area contributed by atoms with Gasteiger partial charge in [0, 0.05) is 39.0 Å². The van der Waals surface area contributed by atoms with Gasteiger partial charge in [-0.3, -0.25) is 9.59 Å². The Hall–Kier alpha value is -1.06. The SMILES string of the molecule is CCCN(CC)C(=O)CCN1CCCCC1=O. The highest BCUT2D eigenvalue weighted by Gasteiger charge is 2.19. The third-order valence-electron chi connectivity index (χ3n) is 3.24. The van der Waals surface area contributed by atoms with Gasteiger partial charge in [0.05, 0.1) is 0 Å². The fourth-order valence-corrected chi connectivity index (χ4v) is 2.22. The summed E-state index contributed by atoms with van der Waals surface area (Å²) in [5, 5.41) is 0. The van der Waals surface area contributed by atoms with Crippen LogP contribution < -0.4 is 0 Å². The summed E-state index contributed by atoms with van der Waals surface area (Å²) >= 11 is 0. The van der Waals surface area contributed by atoms with Crippen LogP contribution in [0.2, 0.25) is 0 Å². The first-order valence-electron chi connectivity index (χ1n) is 6.74. The quantitative estimate of drug-likeness (QED) is 0.708. The highest BCUT2D eigenvalue weighted by Crippen LogP contribution is 2.11. The number of carbonyl (C=O) groups is 2. The molecule has 0 unspecified atom stereocenters. The highest BCUT2D eigenvalue weighted by molar-refractivity contribution is 5.79. The number of hydrogen-bond donors (Lipinski definition) is 0. The fraction of sp³-hybridized carbons (Fsp3) is 0.846. The van der Waals surface area contributed by atoms with E-state index in [4.69, 9.17) is 0 Å². The number of hydrogen-bond acceptors (Lipinski definition) is 2. The number of piperidine rings is 1. The number of rotatable bonds is 6. The predicted molar refractivity (Wildman–Crippen MR) is 67.6 cm³/mol. The lowest BCUT2D eigenvalue weighted by molar-refractivity contribution is -0.135. The summed E-state index contributed by atoms with van der Waals surface area (Å²) in [6, 6.07) is 0. The van der Waals surface area contributed by atoms with Crippen LogP contribution in [-0.2, 0) is 9.59 Å². The molecular weight excluding hydrogens is 216 g/mol. The van der Waals surface area contributed by atoms with Gasteiger partial charge in [0.2, 0.25) is 11.8 Å². The van der Waals surface area contributed by atoms with Gasteiger partial charge in [0.25, 0.3) is 0 Å². The van der Waals surface area contributed by atoms with E-state index in [2.05, 4.69) is 6.92 Å². The molecule has 0 spiro atoms. The lowest BCUT2D eigenvalue weighted by Crippen LogP contribution is -2.39. The Morgan fingerprint density at radius 3 is 2.71 bits per heavy atom. The molecule has 0 bridgehead atoms. The van der Waals surface area contributed by atoms with E-state index in [1.165, 1.54) is 0 Å². The maximum absolute atomic E-state index is 11.9. The van der Waals surface area contributed by atoms with Gasteiger partial charge in [0.1, 0.15) is 0 Å². The van der Waals surface area contributed by atoms with E-state index in [0.717, 1.165) is 38.9 Å². The van der Waals surface area contributed by atoms with E-state index < -0.39 is 0 Å². The summed E-state index contributed by atoms with van der Waals surface area (Å²) in [6.07, 6.45) is 4.19. The van der Waals surface area contributed by atoms with Crippen LogP contribution in [0.3, 0.4) is 0 Å². The summed E-state index contributed by atoms with van der Waals surface area (Å²) in [5.74, 6) is 0.385. The van der Waals surface area contributed by atoms with Crippen LogP contribution in [0, 0.1) is 0 Å². The van der Waals surface area contributed by atoms with Crippen LogP contribution in [-0.4, -0.2) is 47.8 Å². The van der Waals surface area contributed by atoms with E-state index in [1.807, 2.05) is 16.7 Å². The number of carbonyl (C=O) groups excluding carboxylic acids is 2. The van der Waals surface area contributed by atoms with Crippen LogP contribution >= 0.6 is 0 Å². The molecule has 0 N–H and O–H groups in total. The molecule has 0 saturated carbocycles. The standard InChI is InChI=1S/C13H24N2O2/c1-3-9-14(4-2)13(17)8-11-15-10-6-5-7-12(15)16/h3-11H2,1-2H3. The van der Waals surface area contributed by atoms with Gasteiger partial charge in [0.15, 0.2) is 0 Å². The van der Waals surface area contributed by atoms with Gasteiger partial charge in [-0.2, -0.15) is 0 Å². The highest BCUT2D eigenvalue weighted by atomic mass is 16.2. The van der Waals surface area contributed by atoms with Gasteiger partial charge < -0.3 is 9.80 Å². The number of amides is 2. The molecule has 4 heteroatoms. The Balaban J connectivity index is 2.33. The molecule has 1 heterocycles. The van der Waals surface area contributed by atoms with E-state index >= 15 is 0 Å². The van der Waals surface area contributed by atoms with Gasteiger partial charge in [-0.25, -0.2) is 0 Å². The molecule has 1 rings (SSSR count). The van der Waals surface area contributed by atoms with Crippen molar-refractivity contribution in [1.29, 1.82) is 0 Å². The minimum atomic E-state index is 0.174. The maximum Gasteiger partial charge on any atom is 0.224 e. The van der Waals surface area contributed by atoms with Crippen LogP contribution in [0.5, 0.6) is 0 Å². The van der Waals surface area contributed by atoms with Crippen molar-refractivity contribution in [2.24, 2.45) is 0 Å². The maximum atomic E-state index is 11.9. The average molecular weight is 240 g/mol. The molecule has 0 aromatic rings. The van der Waals surface area contributed by atoms with Crippen molar-refractivity contribution in [3.8, 4) is 0 Å². The van der Waals surface area contributed by atoms with Crippen molar-refractivity contribution in [2.45, 2.75) is 46.0 Å². The van der Waals surface area contributed by atoms with Gasteiger partial charge in [-0.1, -0.05) is 6.92 Å². The molecule has 2 amide bonds. The summed E-state index contributed by atoms with van der Waals surface area (Å²) in [4.78, 5) is 27.2. The first-order chi connectivity index (χ1) is 8.19. The van der Waals surface area contributed by atoms with Crippen molar-refractivity contribution in [3.63, 3.8) is 0 Å². The minimum Gasteiger partial charge on any atom is -0.343 e. The zero-order valence-corrected chi connectivity index (χ0v) is 11.1. The summed E-state index contributed by atoms with van der Waals surface area (Å²) in [6.45, 7) is 7.08. The molecule has 1 saturated heterocycles. The van der Waals surface area contributed by atoms with Crippen LogP contribution in [0.4, 0.5) is 0 Å². The van der Waals surface area contributed by atoms with Crippen molar-refractivity contribution < 1.29 is 9.59 Å². The second-order valence-electron chi connectivity index (χ2n) is 4.56. The van der Waals surface area contributed by atoms with Gasteiger partial charge in [-0.15, -0.1) is 0 Å². The molecule has 1 aliphatic heterocycles. The van der Waals surface area contributed by atoms with Crippen molar-refractivity contribution >= 4 is 11.8 Å². The first-order valence-corrected chi connectivity index (χ1v) is 6.74. The van der Waals surface area contributed by atoms with Crippen molar-refractivity contribution in [2.75, 3.05) is 26.2 Å². The van der Waals surface area contributed by atoms with Crippen molar-refractivity contribution in [3.05, 3.63) is 0 Å². The zero-order valence-electron chi connectivity index (χ0n) is 11.1. The second-order valence-corrected chi connectivity index (χ2v) is 4.56. The molecule has 17 heavy (non-hydrogen) atoms. The fourth-order valence-electron chi connectivity index (χ4n) is 2.22. The van der Waals surface area contributed by atoms with Gasteiger partial charge >= 0.3 is 0 Å². The Morgan fingerprint density at radius 1 is 1.35 bits per heavy atom. The Kier molecular flexibility index (Phi) is 6.01. The van der Waals surface area contributed by atoms with E-state index in [1.54, 1.807) is 0 Å². The topological polar surface area (TPSA) is 40.6 Å². The molecule has 0 radical (unpaired) electrons. The summed E-state index contributed by atoms with van der Waals surface area (Å²) < 4.78 is 0. The monoisotopic (exact) mass is 240 g/mol. The smallest absolute Gasteiger partial charge is 0.224 e. The third-order valence-corrected chi connectivity index (χ3v) is 3.24. The normalized spacial score (nSPS) is 16.1. The summed E-state index contributed by atoms with van der Waals surface area (Å²) in [7, 11) is 0. The number of nitrogens with zero attached hydrogens (tertiary/aromatic N) is 2. The lowest BCUT2D eigenvalue weighted by Gasteiger charge is -2.28. The second kappa shape index (κ2) is 7.30. The van der Waals surface area contributed by atoms with Crippen LogP contribution in [0.15, 0.2) is 0 Å². The molecule has 1 fully saturated rings. The zero-order chi connectivity index (χ0) is 12.7. The summed E-state index contributed by atoms with van der Waals surface area (Å²) in [5.41, 5.74) is 0. The van der Waals surface area contributed by atoms with Crippen molar-refractivity contribution in [1.82, 2.24) is 9.80 Å². The largest absolute Gasteiger partial charge is 0.343 e. The predicted octanol–water partition coefficient (Wildman–Crippen LogP) is 1.65. The molecule has 0 aliphatic carbocycles. The van der Waals surface area contributed by atoms with E-state index in [9.17, 15) is 9.59 Å². The molecule has 98 valence electrons.